The number of imide groups is 1. The van der Waals surface area contributed by atoms with Crippen molar-refractivity contribution in [1.82, 2.24) is 0 Å². The van der Waals surface area contributed by atoms with Crippen LogP contribution in [0.1, 0.15) is 11.8 Å². The van der Waals surface area contributed by atoms with Gasteiger partial charge in [0.15, 0.2) is 6.10 Å². The fourth-order valence-corrected chi connectivity index (χ4v) is 4.83. The second-order valence-corrected chi connectivity index (χ2v) is 8.48. The second kappa shape index (κ2) is 8.47. The van der Waals surface area contributed by atoms with Crippen molar-refractivity contribution in [3.8, 4) is 11.3 Å². The molecule has 2 fully saturated rings. The Labute approximate surface area is 205 Å². The van der Waals surface area contributed by atoms with E-state index >= 15 is 0 Å². The van der Waals surface area contributed by atoms with Gasteiger partial charge in [0, 0.05) is 6.07 Å². The number of carbonyl (C=O) groups excluding carboxylic acids is 2. The van der Waals surface area contributed by atoms with Gasteiger partial charge in [-0.1, -0.05) is 48.5 Å². The SMILES string of the molecule is O=C1C2ON(c3ccccc3)C(c3ccc(-c4ccccc4[N+](=O)[O-])o3)C2C(=O)N1c1ccccc1. The molecule has 3 atom stereocenters. The molecule has 0 saturated carbocycles. The predicted molar refractivity (Wildman–Crippen MR) is 130 cm³/mol. The first kappa shape index (κ1) is 21.8. The number of nitro benzene ring substituents is 1. The van der Waals surface area contributed by atoms with Crippen LogP contribution >= 0.6 is 0 Å². The van der Waals surface area contributed by atoms with E-state index in [1.807, 2.05) is 30.3 Å². The summed E-state index contributed by atoms with van der Waals surface area (Å²) >= 11 is 0. The van der Waals surface area contributed by atoms with Gasteiger partial charge < -0.3 is 4.42 Å². The summed E-state index contributed by atoms with van der Waals surface area (Å²) in [4.78, 5) is 45.3. The molecule has 0 aliphatic carbocycles. The number of hydroxylamine groups is 1. The van der Waals surface area contributed by atoms with Gasteiger partial charge >= 0.3 is 0 Å². The van der Waals surface area contributed by atoms with Gasteiger partial charge in [0.25, 0.3) is 11.6 Å². The van der Waals surface area contributed by atoms with E-state index in [9.17, 15) is 19.7 Å². The standard InChI is InChI=1S/C27H19N3O6/c31-26-23-24(22-16-15-21(35-22)19-13-7-8-14-20(19)30(33)34)29(18-11-5-2-6-12-18)36-25(23)27(32)28(26)17-9-3-1-4-10-17/h1-16,23-25H. The third kappa shape index (κ3) is 3.37. The Hall–Kier alpha value is -4.76. The molecule has 0 N–H and O–H groups in total. The number of fused-ring (bicyclic) bond motifs is 1. The molecule has 1 aromatic heterocycles. The third-order valence-corrected chi connectivity index (χ3v) is 6.42. The lowest BCUT2D eigenvalue weighted by molar-refractivity contribution is -0.384. The van der Waals surface area contributed by atoms with Crippen molar-refractivity contribution in [2.75, 3.05) is 9.96 Å². The molecule has 36 heavy (non-hydrogen) atoms. The molecule has 3 aromatic carbocycles. The summed E-state index contributed by atoms with van der Waals surface area (Å²) in [6.45, 7) is 0. The second-order valence-electron chi connectivity index (χ2n) is 8.48. The minimum Gasteiger partial charge on any atom is -0.458 e. The van der Waals surface area contributed by atoms with Crippen LogP contribution in [0.4, 0.5) is 17.1 Å². The van der Waals surface area contributed by atoms with Crippen LogP contribution < -0.4 is 9.96 Å². The average Bonchev–Trinajstić information content (AvgIpc) is 3.60. The van der Waals surface area contributed by atoms with E-state index in [1.54, 1.807) is 60.7 Å². The van der Waals surface area contributed by atoms with Crippen molar-refractivity contribution >= 4 is 28.9 Å². The van der Waals surface area contributed by atoms with Crippen LogP contribution in [0.25, 0.3) is 11.3 Å². The van der Waals surface area contributed by atoms with Crippen LogP contribution in [-0.2, 0) is 14.4 Å². The molecule has 178 valence electrons. The molecule has 9 nitrogen and oxygen atoms in total. The Kier molecular flexibility index (Phi) is 5.12. The van der Waals surface area contributed by atoms with Crippen molar-refractivity contribution in [1.29, 1.82) is 0 Å². The summed E-state index contributed by atoms with van der Waals surface area (Å²) in [5.74, 6) is -1.09. The smallest absolute Gasteiger partial charge is 0.280 e. The van der Waals surface area contributed by atoms with Gasteiger partial charge in [0.05, 0.1) is 21.9 Å². The van der Waals surface area contributed by atoms with Crippen molar-refractivity contribution in [3.63, 3.8) is 0 Å². The van der Waals surface area contributed by atoms with Gasteiger partial charge in [-0.15, -0.1) is 0 Å². The number of amides is 2. The predicted octanol–water partition coefficient (Wildman–Crippen LogP) is 4.91. The van der Waals surface area contributed by atoms with Crippen LogP contribution in [-0.4, -0.2) is 22.8 Å². The molecule has 3 heterocycles. The number of para-hydroxylation sites is 3. The number of anilines is 2. The lowest BCUT2D eigenvalue weighted by Crippen LogP contribution is -2.37. The minimum absolute atomic E-state index is 0.0961. The zero-order valence-corrected chi connectivity index (χ0v) is 18.8. The van der Waals surface area contributed by atoms with E-state index in [0.717, 1.165) is 4.90 Å². The van der Waals surface area contributed by atoms with Crippen LogP contribution in [0, 0.1) is 16.0 Å². The summed E-state index contributed by atoms with van der Waals surface area (Å²) < 4.78 is 6.12. The van der Waals surface area contributed by atoms with E-state index in [1.165, 1.54) is 11.1 Å². The highest BCUT2D eigenvalue weighted by Crippen LogP contribution is 2.48. The van der Waals surface area contributed by atoms with Crippen LogP contribution in [0.2, 0.25) is 0 Å². The van der Waals surface area contributed by atoms with Crippen molar-refractivity contribution in [2.45, 2.75) is 12.1 Å². The maximum Gasteiger partial charge on any atom is 0.280 e. The van der Waals surface area contributed by atoms with Crippen LogP contribution in [0.5, 0.6) is 0 Å². The summed E-state index contributed by atoms with van der Waals surface area (Å²) in [6, 6.07) is 26.6. The zero-order valence-electron chi connectivity index (χ0n) is 18.8. The first-order valence-electron chi connectivity index (χ1n) is 11.3. The molecular formula is C27H19N3O6. The molecule has 2 saturated heterocycles. The average molecular weight is 481 g/mol. The molecule has 0 radical (unpaired) electrons. The molecule has 2 amide bonds. The van der Waals surface area contributed by atoms with Crippen molar-refractivity contribution in [2.24, 2.45) is 5.92 Å². The summed E-state index contributed by atoms with van der Waals surface area (Å²) in [6.07, 6.45) is -1.04. The number of furan rings is 1. The number of benzene rings is 3. The Morgan fingerprint density at radius 2 is 1.39 bits per heavy atom. The van der Waals surface area contributed by atoms with E-state index in [0.29, 0.717) is 22.7 Å². The fourth-order valence-electron chi connectivity index (χ4n) is 4.83. The molecule has 9 heteroatoms. The molecule has 2 aliphatic rings. The monoisotopic (exact) mass is 481 g/mol. The number of hydrogen-bond acceptors (Lipinski definition) is 7. The quantitative estimate of drug-likeness (QED) is 0.227. The van der Waals surface area contributed by atoms with E-state index < -0.39 is 34.8 Å². The summed E-state index contributed by atoms with van der Waals surface area (Å²) in [7, 11) is 0. The lowest BCUT2D eigenvalue weighted by Gasteiger charge is -2.27. The molecule has 2 aliphatic heterocycles. The lowest BCUT2D eigenvalue weighted by atomic mass is 9.94. The van der Waals surface area contributed by atoms with Gasteiger partial charge in [-0.3, -0.25) is 24.5 Å². The van der Waals surface area contributed by atoms with Gasteiger partial charge in [-0.05, 0) is 42.5 Å². The van der Waals surface area contributed by atoms with E-state index in [4.69, 9.17) is 9.25 Å². The van der Waals surface area contributed by atoms with Gasteiger partial charge in [-0.25, -0.2) is 9.96 Å². The molecule has 3 unspecified atom stereocenters. The highest BCUT2D eigenvalue weighted by atomic mass is 16.7. The zero-order chi connectivity index (χ0) is 24.8. The number of nitrogens with zero attached hydrogens (tertiary/aromatic N) is 3. The summed E-state index contributed by atoms with van der Waals surface area (Å²) in [5, 5.41) is 13.1. The number of rotatable bonds is 5. The first-order chi connectivity index (χ1) is 17.5. The molecule has 6 rings (SSSR count). The van der Waals surface area contributed by atoms with Crippen molar-refractivity contribution < 1.29 is 23.8 Å². The number of nitro groups is 1. The summed E-state index contributed by atoms with van der Waals surface area (Å²) in [5.41, 5.74) is 1.33. The Morgan fingerprint density at radius 1 is 0.750 bits per heavy atom. The number of carbonyl (C=O) groups is 2. The van der Waals surface area contributed by atoms with Gasteiger partial charge in [0.2, 0.25) is 5.91 Å². The fraction of sp³-hybridized carbons (Fsp3) is 0.111. The third-order valence-electron chi connectivity index (χ3n) is 6.42. The van der Waals surface area contributed by atoms with E-state index in [-0.39, 0.29) is 11.4 Å². The highest BCUT2D eigenvalue weighted by molar-refractivity contribution is 6.23. The van der Waals surface area contributed by atoms with Crippen molar-refractivity contribution in [3.05, 3.63) is 113 Å². The van der Waals surface area contributed by atoms with Gasteiger partial charge in [0.1, 0.15) is 23.5 Å². The topological polar surface area (TPSA) is 106 Å². The maximum atomic E-state index is 13.6. The molecular weight excluding hydrogens is 462 g/mol. The Balaban J connectivity index is 1.44. The Bertz CT molecular complexity index is 1470. The number of hydrogen-bond donors (Lipinski definition) is 0. The first-order valence-corrected chi connectivity index (χ1v) is 11.3. The van der Waals surface area contributed by atoms with Gasteiger partial charge in [-0.2, -0.15) is 0 Å². The highest BCUT2D eigenvalue weighted by Gasteiger charge is 2.61. The largest absolute Gasteiger partial charge is 0.458 e. The van der Waals surface area contributed by atoms with Crippen LogP contribution in [0.15, 0.2) is 101 Å². The minimum atomic E-state index is -1.04. The van der Waals surface area contributed by atoms with E-state index in [2.05, 4.69) is 0 Å². The molecule has 0 bridgehead atoms. The van der Waals surface area contributed by atoms with Crippen LogP contribution in [0.3, 0.4) is 0 Å². The maximum absolute atomic E-state index is 13.6. The normalized spacial score (nSPS) is 21.2. The molecule has 4 aromatic rings. The Morgan fingerprint density at radius 3 is 2.08 bits per heavy atom. The molecule has 0 spiro atoms.